The third-order valence-corrected chi connectivity index (χ3v) is 5.65. The molecule has 170 valence electrons. The Morgan fingerprint density at radius 2 is 1.85 bits per heavy atom. The minimum Gasteiger partial charge on any atom is -0.366 e. The summed E-state index contributed by atoms with van der Waals surface area (Å²) in [7, 11) is 0. The van der Waals surface area contributed by atoms with E-state index in [0.717, 1.165) is 17.0 Å². The van der Waals surface area contributed by atoms with Gasteiger partial charge in [-0.1, -0.05) is 44.2 Å². The summed E-state index contributed by atoms with van der Waals surface area (Å²) in [5, 5.41) is 17.3. The van der Waals surface area contributed by atoms with Crippen LogP contribution in [-0.2, 0) is 6.54 Å². The monoisotopic (exact) mass is 452 g/mol. The Morgan fingerprint density at radius 1 is 1.15 bits per heavy atom. The molecule has 2 aromatic carbocycles. The largest absolute Gasteiger partial charge is 0.366 e. The van der Waals surface area contributed by atoms with Crippen LogP contribution in [0.2, 0.25) is 0 Å². The Hall–Kier alpha value is -4.51. The van der Waals surface area contributed by atoms with Gasteiger partial charge in [0.2, 0.25) is 5.91 Å². The number of hydrogen-bond acceptors (Lipinski definition) is 5. The Labute approximate surface area is 197 Å². The number of nitrogens with zero attached hydrogens (tertiary/aromatic N) is 4. The van der Waals surface area contributed by atoms with Crippen LogP contribution in [0.15, 0.2) is 54.6 Å². The van der Waals surface area contributed by atoms with Crippen molar-refractivity contribution >= 4 is 28.4 Å². The second kappa shape index (κ2) is 9.16. The molecule has 0 saturated heterocycles. The number of fused-ring (bicyclic) bond motifs is 1. The van der Waals surface area contributed by atoms with Crippen molar-refractivity contribution in [2.75, 3.05) is 5.32 Å². The average Bonchev–Trinajstić information content (AvgIpc) is 3.13. The first-order valence-electron chi connectivity index (χ1n) is 10.9. The first kappa shape index (κ1) is 22.7. The molecule has 0 radical (unpaired) electrons. The third-order valence-electron chi connectivity index (χ3n) is 5.65. The standard InChI is InChI=1S/C26H24N6O2/c1-15(2)23-24(16(3)32(31-23)14-18-10-8-17(13-27)9-11-18)30-26(34)22-12-20(25(28)33)19-6-4-5-7-21(19)29-22/h4-12,15H,14H2,1-3H3,(H2,28,33)(H,30,34). The number of nitrogens with one attached hydrogen (secondary N) is 1. The first-order chi connectivity index (χ1) is 16.3. The van der Waals surface area contributed by atoms with Crippen molar-refractivity contribution < 1.29 is 9.59 Å². The quantitative estimate of drug-likeness (QED) is 0.455. The summed E-state index contributed by atoms with van der Waals surface area (Å²) in [5.74, 6) is -1.01. The zero-order valence-corrected chi connectivity index (χ0v) is 19.2. The van der Waals surface area contributed by atoms with Crippen molar-refractivity contribution in [1.82, 2.24) is 14.8 Å². The molecule has 8 nitrogen and oxygen atoms in total. The smallest absolute Gasteiger partial charge is 0.274 e. The number of nitriles is 1. The summed E-state index contributed by atoms with van der Waals surface area (Å²) in [6.07, 6.45) is 0. The molecule has 34 heavy (non-hydrogen) atoms. The molecular formula is C26H24N6O2. The molecule has 0 bridgehead atoms. The van der Waals surface area contributed by atoms with Crippen molar-refractivity contribution in [2.45, 2.75) is 33.2 Å². The van der Waals surface area contributed by atoms with Crippen molar-refractivity contribution in [3.8, 4) is 6.07 Å². The maximum atomic E-state index is 13.2. The van der Waals surface area contributed by atoms with Gasteiger partial charge in [-0.15, -0.1) is 0 Å². The molecule has 0 aliphatic heterocycles. The van der Waals surface area contributed by atoms with E-state index in [9.17, 15) is 9.59 Å². The Bertz CT molecular complexity index is 1440. The van der Waals surface area contributed by atoms with E-state index in [1.807, 2.05) is 37.6 Å². The lowest BCUT2D eigenvalue weighted by molar-refractivity contribution is 0.100. The van der Waals surface area contributed by atoms with Crippen LogP contribution in [0.4, 0.5) is 5.69 Å². The summed E-state index contributed by atoms with van der Waals surface area (Å²) in [6, 6.07) is 17.9. The number of carbonyl (C=O) groups is 2. The Morgan fingerprint density at radius 3 is 2.50 bits per heavy atom. The number of primary amides is 1. The molecule has 2 heterocycles. The minimum absolute atomic E-state index is 0.0574. The van der Waals surface area contributed by atoms with E-state index >= 15 is 0 Å². The van der Waals surface area contributed by atoms with Crippen molar-refractivity contribution in [3.63, 3.8) is 0 Å². The molecule has 2 amide bonds. The van der Waals surface area contributed by atoms with Crippen molar-refractivity contribution in [2.24, 2.45) is 5.73 Å². The van der Waals surface area contributed by atoms with Crippen LogP contribution in [0, 0.1) is 18.3 Å². The number of amides is 2. The SMILES string of the molecule is Cc1c(NC(=O)c2cc(C(N)=O)c3ccccc3n2)c(C(C)C)nn1Cc1ccc(C#N)cc1. The maximum absolute atomic E-state index is 13.2. The van der Waals surface area contributed by atoms with Gasteiger partial charge in [-0.2, -0.15) is 10.4 Å². The fourth-order valence-electron chi connectivity index (χ4n) is 3.81. The molecule has 0 aliphatic carbocycles. The number of carbonyl (C=O) groups excluding carboxylic acids is 2. The predicted octanol–water partition coefficient (Wildman–Crippen LogP) is 4.13. The minimum atomic E-state index is -0.623. The van der Waals surface area contributed by atoms with Crippen LogP contribution in [0.1, 0.15) is 63.1 Å². The van der Waals surface area contributed by atoms with Gasteiger partial charge in [0, 0.05) is 5.39 Å². The molecule has 3 N–H and O–H groups in total. The van der Waals surface area contributed by atoms with E-state index in [1.54, 1.807) is 36.4 Å². The highest BCUT2D eigenvalue weighted by Gasteiger charge is 2.22. The van der Waals surface area contributed by atoms with Gasteiger partial charge in [0.25, 0.3) is 5.91 Å². The predicted molar refractivity (Wildman–Crippen MR) is 130 cm³/mol. The summed E-state index contributed by atoms with van der Waals surface area (Å²) in [6.45, 7) is 6.39. The molecular weight excluding hydrogens is 428 g/mol. The number of benzene rings is 2. The maximum Gasteiger partial charge on any atom is 0.274 e. The molecule has 2 aromatic heterocycles. The summed E-state index contributed by atoms with van der Waals surface area (Å²) in [5.41, 5.74) is 10.1. The average molecular weight is 453 g/mol. The van der Waals surface area contributed by atoms with Gasteiger partial charge in [0.1, 0.15) is 5.69 Å². The number of anilines is 1. The van der Waals surface area contributed by atoms with Crippen molar-refractivity contribution in [1.29, 1.82) is 5.26 Å². The molecule has 0 unspecified atom stereocenters. The number of pyridine rings is 1. The van der Waals surface area contributed by atoms with Gasteiger partial charge in [-0.05, 0) is 42.7 Å². The van der Waals surface area contributed by atoms with Crippen LogP contribution in [0.3, 0.4) is 0 Å². The molecule has 4 aromatic rings. The highest BCUT2D eigenvalue weighted by atomic mass is 16.2. The van der Waals surface area contributed by atoms with E-state index in [2.05, 4.69) is 16.4 Å². The van der Waals surface area contributed by atoms with Crippen LogP contribution in [-0.4, -0.2) is 26.6 Å². The zero-order chi connectivity index (χ0) is 24.4. The van der Waals surface area contributed by atoms with E-state index in [1.165, 1.54) is 6.07 Å². The number of para-hydroxylation sites is 1. The topological polar surface area (TPSA) is 127 Å². The second-order valence-corrected chi connectivity index (χ2v) is 8.36. The van der Waals surface area contributed by atoms with Gasteiger partial charge in [0.05, 0.1) is 46.3 Å². The Balaban J connectivity index is 1.69. The lowest BCUT2D eigenvalue weighted by Crippen LogP contribution is -2.18. The highest BCUT2D eigenvalue weighted by molar-refractivity contribution is 6.10. The fourth-order valence-corrected chi connectivity index (χ4v) is 3.81. The number of nitrogens with two attached hydrogens (primary N) is 1. The van der Waals surface area contributed by atoms with E-state index < -0.39 is 11.8 Å². The number of aromatic nitrogens is 3. The van der Waals surface area contributed by atoms with Crippen molar-refractivity contribution in [3.05, 3.63) is 88.4 Å². The van der Waals surface area contributed by atoms with Gasteiger partial charge in [-0.3, -0.25) is 14.3 Å². The van der Waals surface area contributed by atoms with Gasteiger partial charge in [-0.25, -0.2) is 4.98 Å². The first-order valence-corrected chi connectivity index (χ1v) is 10.9. The van der Waals surface area contributed by atoms with Crippen LogP contribution in [0.5, 0.6) is 0 Å². The second-order valence-electron chi connectivity index (χ2n) is 8.36. The van der Waals surface area contributed by atoms with Gasteiger partial charge in [0.15, 0.2) is 0 Å². The van der Waals surface area contributed by atoms with E-state index in [0.29, 0.717) is 28.7 Å². The van der Waals surface area contributed by atoms with Gasteiger partial charge < -0.3 is 11.1 Å². The van der Waals surface area contributed by atoms with Crippen LogP contribution < -0.4 is 11.1 Å². The van der Waals surface area contributed by atoms with E-state index in [4.69, 9.17) is 16.1 Å². The van der Waals surface area contributed by atoms with Gasteiger partial charge >= 0.3 is 0 Å². The molecule has 0 spiro atoms. The third kappa shape index (κ3) is 4.36. The number of hydrogen-bond donors (Lipinski definition) is 2. The fraction of sp³-hybridized carbons (Fsp3) is 0.192. The molecule has 4 rings (SSSR count). The molecule has 0 atom stereocenters. The summed E-state index contributed by atoms with van der Waals surface area (Å²) >= 11 is 0. The normalized spacial score (nSPS) is 10.9. The molecule has 0 aliphatic rings. The summed E-state index contributed by atoms with van der Waals surface area (Å²) in [4.78, 5) is 29.6. The lowest BCUT2D eigenvalue weighted by atomic mass is 10.1. The Kier molecular flexibility index (Phi) is 6.11. The highest BCUT2D eigenvalue weighted by Crippen LogP contribution is 2.28. The van der Waals surface area contributed by atoms with E-state index in [-0.39, 0.29) is 17.2 Å². The molecule has 0 fully saturated rings. The van der Waals surface area contributed by atoms with Crippen LogP contribution >= 0.6 is 0 Å². The van der Waals surface area contributed by atoms with Crippen LogP contribution in [0.25, 0.3) is 10.9 Å². The number of rotatable bonds is 6. The molecule has 8 heteroatoms. The summed E-state index contributed by atoms with van der Waals surface area (Å²) < 4.78 is 1.83. The lowest BCUT2D eigenvalue weighted by Gasteiger charge is -2.10. The molecule has 0 saturated carbocycles. The zero-order valence-electron chi connectivity index (χ0n) is 19.2.